The van der Waals surface area contributed by atoms with Gasteiger partial charge in [-0.1, -0.05) is 0 Å². The van der Waals surface area contributed by atoms with Crippen LogP contribution in [-0.2, 0) is 0 Å². The second kappa shape index (κ2) is 4.45. The maximum Gasteiger partial charge on any atom is 0.0813 e. The zero-order valence-corrected chi connectivity index (χ0v) is 10.4. The third-order valence-electron chi connectivity index (χ3n) is 2.42. The lowest BCUT2D eigenvalue weighted by molar-refractivity contribution is 0.646. The molecule has 0 spiro atoms. The highest BCUT2D eigenvalue weighted by Gasteiger charge is 2.16. The standard InChI is InChI=1S/C11H14N2S2/c1-7-3-4-10(15-7)11(13-12)9-5-6-14-8(9)2/h3-6,11,13H,12H2,1-2H3. The Bertz CT molecular complexity index is 445. The molecule has 0 fully saturated rings. The molecular formula is C11H14N2S2. The molecule has 80 valence electrons. The maximum absolute atomic E-state index is 5.64. The lowest BCUT2D eigenvalue weighted by atomic mass is 10.1. The number of rotatable bonds is 3. The smallest absolute Gasteiger partial charge is 0.0813 e. The number of hydrazine groups is 1. The third kappa shape index (κ3) is 2.13. The lowest BCUT2D eigenvalue weighted by Gasteiger charge is -2.13. The molecule has 0 aliphatic carbocycles. The summed E-state index contributed by atoms with van der Waals surface area (Å²) in [6, 6.07) is 6.54. The summed E-state index contributed by atoms with van der Waals surface area (Å²) in [5.74, 6) is 5.64. The van der Waals surface area contributed by atoms with Crippen LogP contribution in [0.15, 0.2) is 23.6 Å². The summed E-state index contributed by atoms with van der Waals surface area (Å²) in [7, 11) is 0. The van der Waals surface area contributed by atoms with Gasteiger partial charge in [-0.15, -0.1) is 22.7 Å². The van der Waals surface area contributed by atoms with Crippen LogP contribution in [0.25, 0.3) is 0 Å². The number of thiophene rings is 2. The summed E-state index contributed by atoms with van der Waals surface area (Å²) in [5, 5.41) is 2.11. The van der Waals surface area contributed by atoms with Crippen molar-refractivity contribution < 1.29 is 0 Å². The molecule has 0 amide bonds. The quantitative estimate of drug-likeness (QED) is 0.637. The van der Waals surface area contributed by atoms with Gasteiger partial charge in [0, 0.05) is 14.6 Å². The topological polar surface area (TPSA) is 38.0 Å². The number of aryl methyl sites for hydroxylation is 2. The van der Waals surface area contributed by atoms with Crippen LogP contribution >= 0.6 is 22.7 Å². The van der Waals surface area contributed by atoms with Gasteiger partial charge >= 0.3 is 0 Å². The molecule has 2 nitrogen and oxygen atoms in total. The Labute approximate surface area is 97.7 Å². The minimum Gasteiger partial charge on any atom is -0.271 e. The normalized spacial score (nSPS) is 13.0. The average molecular weight is 238 g/mol. The number of hydrogen-bond donors (Lipinski definition) is 2. The zero-order valence-electron chi connectivity index (χ0n) is 8.78. The molecule has 0 aliphatic rings. The molecule has 0 radical (unpaired) electrons. The number of nitrogens with one attached hydrogen (secondary N) is 1. The average Bonchev–Trinajstić information content (AvgIpc) is 2.79. The van der Waals surface area contributed by atoms with E-state index in [2.05, 4.69) is 42.9 Å². The van der Waals surface area contributed by atoms with Crippen molar-refractivity contribution in [2.75, 3.05) is 0 Å². The SMILES string of the molecule is Cc1ccc(C(NN)c2ccsc2C)s1. The van der Waals surface area contributed by atoms with E-state index in [1.54, 1.807) is 22.7 Å². The second-order valence-corrected chi connectivity index (χ2v) is 5.92. The van der Waals surface area contributed by atoms with Gasteiger partial charge in [0.05, 0.1) is 6.04 Å². The second-order valence-electron chi connectivity index (χ2n) is 3.48. The molecular weight excluding hydrogens is 224 g/mol. The molecule has 15 heavy (non-hydrogen) atoms. The van der Waals surface area contributed by atoms with Gasteiger partial charge in [0.25, 0.3) is 0 Å². The minimum absolute atomic E-state index is 0.134. The van der Waals surface area contributed by atoms with E-state index in [0.29, 0.717) is 0 Å². The molecule has 0 aromatic carbocycles. The minimum atomic E-state index is 0.134. The summed E-state index contributed by atoms with van der Waals surface area (Å²) in [5.41, 5.74) is 4.17. The lowest BCUT2D eigenvalue weighted by Crippen LogP contribution is -2.28. The molecule has 2 heterocycles. The van der Waals surface area contributed by atoms with E-state index < -0.39 is 0 Å². The molecule has 2 aromatic heterocycles. The van der Waals surface area contributed by atoms with Crippen molar-refractivity contribution >= 4 is 22.7 Å². The zero-order chi connectivity index (χ0) is 10.8. The van der Waals surface area contributed by atoms with Crippen LogP contribution in [0.4, 0.5) is 0 Å². The largest absolute Gasteiger partial charge is 0.271 e. The van der Waals surface area contributed by atoms with Crippen LogP contribution in [0.5, 0.6) is 0 Å². The molecule has 0 saturated heterocycles. The van der Waals surface area contributed by atoms with Crippen molar-refractivity contribution in [2.24, 2.45) is 5.84 Å². The van der Waals surface area contributed by atoms with E-state index in [1.165, 1.54) is 20.2 Å². The highest BCUT2D eigenvalue weighted by atomic mass is 32.1. The fourth-order valence-electron chi connectivity index (χ4n) is 1.63. The van der Waals surface area contributed by atoms with Crippen molar-refractivity contribution in [1.82, 2.24) is 5.43 Å². The molecule has 1 atom stereocenters. The highest BCUT2D eigenvalue weighted by molar-refractivity contribution is 7.12. The molecule has 2 aromatic rings. The first kappa shape index (κ1) is 10.8. The van der Waals surface area contributed by atoms with Crippen LogP contribution in [0.3, 0.4) is 0 Å². The van der Waals surface area contributed by atoms with Crippen molar-refractivity contribution in [2.45, 2.75) is 19.9 Å². The summed E-state index contributed by atoms with van der Waals surface area (Å²) >= 11 is 3.55. The Balaban J connectivity index is 2.36. The van der Waals surface area contributed by atoms with Gasteiger partial charge in [-0.25, -0.2) is 5.43 Å². The molecule has 0 saturated carbocycles. The predicted octanol–water partition coefficient (Wildman–Crippen LogP) is 2.98. The maximum atomic E-state index is 5.64. The monoisotopic (exact) mass is 238 g/mol. The van der Waals surface area contributed by atoms with Crippen LogP contribution in [0.1, 0.15) is 26.2 Å². The molecule has 0 aliphatic heterocycles. The van der Waals surface area contributed by atoms with Gasteiger partial charge in [0.1, 0.15) is 0 Å². The van der Waals surface area contributed by atoms with Gasteiger partial charge in [-0.3, -0.25) is 5.84 Å². The van der Waals surface area contributed by atoms with E-state index in [0.717, 1.165) is 0 Å². The molecule has 0 bridgehead atoms. The summed E-state index contributed by atoms with van der Waals surface area (Å²) in [6.07, 6.45) is 0. The van der Waals surface area contributed by atoms with Gasteiger partial charge in [-0.2, -0.15) is 0 Å². The Kier molecular flexibility index (Phi) is 3.21. The Morgan fingerprint density at radius 1 is 1.27 bits per heavy atom. The Morgan fingerprint density at radius 3 is 2.53 bits per heavy atom. The fraction of sp³-hybridized carbons (Fsp3) is 0.273. The van der Waals surface area contributed by atoms with E-state index in [9.17, 15) is 0 Å². The predicted molar refractivity (Wildman–Crippen MR) is 67.3 cm³/mol. The van der Waals surface area contributed by atoms with Crippen molar-refractivity contribution in [1.29, 1.82) is 0 Å². The van der Waals surface area contributed by atoms with Gasteiger partial charge in [-0.05, 0) is 43.0 Å². The molecule has 3 N–H and O–H groups in total. The van der Waals surface area contributed by atoms with Gasteiger partial charge in [0.2, 0.25) is 0 Å². The van der Waals surface area contributed by atoms with E-state index in [4.69, 9.17) is 5.84 Å². The highest BCUT2D eigenvalue weighted by Crippen LogP contribution is 2.31. The third-order valence-corrected chi connectivity index (χ3v) is 4.35. The van der Waals surface area contributed by atoms with Crippen molar-refractivity contribution in [3.63, 3.8) is 0 Å². The first-order chi connectivity index (χ1) is 7.22. The Hall–Kier alpha value is -0.680. The van der Waals surface area contributed by atoms with Crippen LogP contribution in [-0.4, -0.2) is 0 Å². The summed E-state index contributed by atoms with van der Waals surface area (Å²) in [6.45, 7) is 4.24. The van der Waals surface area contributed by atoms with Crippen LogP contribution in [0, 0.1) is 13.8 Å². The number of hydrogen-bond acceptors (Lipinski definition) is 4. The van der Waals surface area contributed by atoms with Crippen molar-refractivity contribution in [3.05, 3.63) is 43.8 Å². The first-order valence-corrected chi connectivity index (χ1v) is 6.48. The fourth-order valence-corrected chi connectivity index (χ4v) is 3.33. The molecule has 2 rings (SSSR count). The van der Waals surface area contributed by atoms with E-state index in [-0.39, 0.29) is 6.04 Å². The molecule has 4 heteroatoms. The Morgan fingerprint density at radius 2 is 2.07 bits per heavy atom. The van der Waals surface area contributed by atoms with Crippen LogP contribution < -0.4 is 11.3 Å². The van der Waals surface area contributed by atoms with Gasteiger partial charge < -0.3 is 0 Å². The number of nitrogens with two attached hydrogens (primary N) is 1. The van der Waals surface area contributed by atoms with E-state index in [1.807, 2.05) is 0 Å². The van der Waals surface area contributed by atoms with Crippen LogP contribution in [0.2, 0.25) is 0 Å². The first-order valence-electron chi connectivity index (χ1n) is 4.79. The molecule has 1 unspecified atom stereocenters. The van der Waals surface area contributed by atoms with E-state index >= 15 is 0 Å². The summed E-state index contributed by atoms with van der Waals surface area (Å²) in [4.78, 5) is 3.92. The summed E-state index contributed by atoms with van der Waals surface area (Å²) < 4.78 is 0. The van der Waals surface area contributed by atoms with Crippen molar-refractivity contribution in [3.8, 4) is 0 Å². The van der Waals surface area contributed by atoms with Gasteiger partial charge in [0.15, 0.2) is 0 Å².